The van der Waals surface area contributed by atoms with E-state index in [1.54, 1.807) is 0 Å². The Morgan fingerprint density at radius 2 is 1.94 bits per heavy atom. The van der Waals surface area contributed by atoms with Gasteiger partial charge in [-0.2, -0.15) is 0 Å². The summed E-state index contributed by atoms with van der Waals surface area (Å²) in [6.45, 7) is 0. The lowest BCUT2D eigenvalue weighted by molar-refractivity contribution is -0.115. The summed E-state index contributed by atoms with van der Waals surface area (Å²) in [5.74, 6) is -0.889. The SMILES string of the molecule is [2H]C1=C2C([2H])([2H])CCCC2(c2ccccc2)CC([2H])([2H])C1=O. The third-order valence-corrected chi connectivity index (χ3v) is 3.68. The highest BCUT2D eigenvalue weighted by molar-refractivity contribution is 5.92. The Bertz CT molecular complexity index is 650. The Morgan fingerprint density at radius 1 is 1.12 bits per heavy atom. The van der Waals surface area contributed by atoms with Crippen molar-refractivity contribution < 1.29 is 11.6 Å². The summed E-state index contributed by atoms with van der Waals surface area (Å²) in [7, 11) is 0. The van der Waals surface area contributed by atoms with E-state index in [4.69, 9.17) is 6.85 Å². The molecular weight excluding hydrogens is 208 g/mol. The minimum absolute atomic E-state index is 0.0833. The highest BCUT2D eigenvalue weighted by atomic mass is 16.1. The van der Waals surface area contributed by atoms with Crippen LogP contribution in [0.5, 0.6) is 0 Å². The summed E-state index contributed by atoms with van der Waals surface area (Å²) < 4.78 is 40.8. The molecule has 1 aromatic carbocycles. The van der Waals surface area contributed by atoms with E-state index in [1.807, 2.05) is 30.3 Å². The smallest absolute Gasteiger partial charge is 0.155 e. The fourth-order valence-corrected chi connectivity index (χ4v) is 2.78. The molecule has 0 radical (unpaired) electrons. The van der Waals surface area contributed by atoms with Gasteiger partial charge in [-0.1, -0.05) is 42.3 Å². The highest BCUT2D eigenvalue weighted by Crippen LogP contribution is 2.48. The molecule has 0 aliphatic heterocycles. The number of ketones is 1. The maximum Gasteiger partial charge on any atom is 0.155 e. The fraction of sp³-hybridized carbons (Fsp3) is 0.438. The van der Waals surface area contributed by atoms with Gasteiger partial charge in [0.15, 0.2) is 5.78 Å². The molecule has 1 unspecified atom stereocenters. The standard InChI is InChI=1S/C16H18O/c17-15-9-11-16(13-6-2-1-3-7-13)10-5-4-8-14(16)12-15/h1-3,6-7,12H,4-5,8-11H2/i8D2,9D2,12D. The minimum Gasteiger partial charge on any atom is -0.295 e. The predicted molar refractivity (Wildman–Crippen MR) is 68.9 cm³/mol. The van der Waals surface area contributed by atoms with Crippen LogP contribution >= 0.6 is 0 Å². The molecule has 1 nitrogen and oxygen atoms in total. The zero-order valence-electron chi connectivity index (χ0n) is 14.6. The molecule has 1 atom stereocenters. The van der Waals surface area contributed by atoms with E-state index < -0.39 is 30.0 Å². The van der Waals surface area contributed by atoms with Crippen LogP contribution in [0.1, 0.15) is 50.8 Å². The zero-order valence-corrected chi connectivity index (χ0v) is 9.62. The third-order valence-electron chi connectivity index (χ3n) is 3.68. The number of hydrogen-bond donors (Lipinski definition) is 0. The minimum atomic E-state index is -2.12. The van der Waals surface area contributed by atoms with E-state index in [2.05, 4.69) is 0 Å². The molecular formula is C16H18O. The molecule has 0 N–H and O–H groups in total. The van der Waals surface area contributed by atoms with Crippen LogP contribution in [-0.4, -0.2) is 5.78 Å². The Hall–Kier alpha value is -1.37. The normalized spacial score (nSPS) is 39.3. The number of fused-ring (bicyclic) bond motifs is 1. The molecule has 1 fully saturated rings. The second-order valence-electron chi connectivity index (χ2n) is 4.66. The Kier molecular flexibility index (Phi) is 1.59. The Labute approximate surface area is 110 Å². The van der Waals surface area contributed by atoms with Crippen molar-refractivity contribution in [2.45, 2.75) is 43.8 Å². The second kappa shape index (κ2) is 4.14. The van der Waals surface area contributed by atoms with Crippen LogP contribution in [0.2, 0.25) is 0 Å². The summed E-state index contributed by atoms with van der Waals surface area (Å²) in [5, 5.41) is 0. The van der Waals surface area contributed by atoms with Gasteiger partial charge in [0.05, 0.1) is 1.37 Å². The molecule has 2 aliphatic rings. The van der Waals surface area contributed by atoms with Crippen LogP contribution < -0.4 is 0 Å². The molecule has 3 rings (SSSR count). The average Bonchev–Trinajstić information content (AvgIpc) is 2.44. The molecule has 1 aromatic rings. The number of rotatable bonds is 1. The number of benzene rings is 1. The molecule has 0 aromatic heterocycles. The summed E-state index contributed by atoms with van der Waals surface area (Å²) in [5.41, 5.74) is 0.0876. The molecule has 0 bridgehead atoms. The van der Waals surface area contributed by atoms with Crippen molar-refractivity contribution >= 4 is 5.78 Å². The van der Waals surface area contributed by atoms with Crippen molar-refractivity contribution in [3.05, 3.63) is 47.5 Å². The van der Waals surface area contributed by atoms with Crippen molar-refractivity contribution in [3.8, 4) is 0 Å². The molecule has 1 heteroatoms. The first kappa shape index (κ1) is 6.53. The van der Waals surface area contributed by atoms with Crippen LogP contribution in [-0.2, 0) is 10.2 Å². The van der Waals surface area contributed by atoms with Crippen molar-refractivity contribution in [1.29, 1.82) is 0 Å². The summed E-state index contributed by atoms with van der Waals surface area (Å²) in [6, 6.07) is 8.75. The van der Waals surface area contributed by atoms with E-state index in [1.165, 1.54) is 0 Å². The van der Waals surface area contributed by atoms with Crippen molar-refractivity contribution in [2.24, 2.45) is 0 Å². The molecule has 17 heavy (non-hydrogen) atoms. The van der Waals surface area contributed by atoms with Crippen molar-refractivity contribution in [2.75, 3.05) is 0 Å². The number of allylic oxidation sites excluding steroid dienone is 2. The van der Waals surface area contributed by atoms with Crippen LogP contribution in [0.25, 0.3) is 0 Å². The lowest BCUT2D eigenvalue weighted by Crippen LogP contribution is -2.35. The van der Waals surface area contributed by atoms with E-state index in [-0.39, 0.29) is 18.4 Å². The van der Waals surface area contributed by atoms with Gasteiger partial charge in [0.25, 0.3) is 0 Å². The lowest BCUT2D eigenvalue weighted by Gasteiger charge is -2.42. The third kappa shape index (κ3) is 1.74. The van der Waals surface area contributed by atoms with Crippen molar-refractivity contribution in [3.63, 3.8) is 0 Å². The van der Waals surface area contributed by atoms with Gasteiger partial charge in [0.2, 0.25) is 0 Å². The van der Waals surface area contributed by atoms with Gasteiger partial charge < -0.3 is 0 Å². The predicted octanol–water partition coefficient (Wildman–Crippen LogP) is 3.79. The van der Waals surface area contributed by atoms with Gasteiger partial charge in [-0.15, -0.1) is 0 Å². The van der Waals surface area contributed by atoms with Gasteiger partial charge in [-0.25, -0.2) is 0 Å². The van der Waals surface area contributed by atoms with Gasteiger partial charge in [0.1, 0.15) is 0 Å². The number of carbonyl (C=O) groups excluding carboxylic acids is 1. The van der Waals surface area contributed by atoms with Gasteiger partial charge in [-0.3, -0.25) is 4.79 Å². The first-order chi connectivity index (χ1) is 10.2. The maximum atomic E-state index is 12.2. The second-order valence-corrected chi connectivity index (χ2v) is 4.66. The van der Waals surface area contributed by atoms with Crippen molar-refractivity contribution in [1.82, 2.24) is 0 Å². The average molecular weight is 231 g/mol. The molecule has 0 spiro atoms. The Morgan fingerprint density at radius 3 is 2.76 bits per heavy atom. The topological polar surface area (TPSA) is 17.1 Å². The van der Waals surface area contributed by atoms with Crippen LogP contribution in [0.3, 0.4) is 0 Å². The lowest BCUT2D eigenvalue weighted by atomic mass is 9.61. The molecule has 0 amide bonds. The highest BCUT2D eigenvalue weighted by Gasteiger charge is 2.40. The van der Waals surface area contributed by atoms with Gasteiger partial charge >= 0.3 is 0 Å². The van der Waals surface area contributed by atoms with Crippen LogP contribution in [0.15, 0.2) is 42.0 Å². The molecule has 1 saturated carbocycles. The van der Waals surface area contributed by atoms with E-state index in [0.717, 1.165) is 5.56 Å². The van der Waals surface area contributed by atoms with Gasteiger partial charge in [0, 0.05) is 17.3 Å². The number of carbonyl (C=O) groups is 1. The quantitative estimate of drug-likeness (QED) is 0.718. The Balaban J connectivity index is 2.31. The maximum absolute atomic E-state index is 12.2. The summed E-state index contributed by atoms with van der Waals surface area (Å²) in [6.07, 6.45) is -2.49. The number of hydrogen-bond acceptors (Lipinski definition) is 1. The summed E-state index contributed by atoms with van der Waals surface area (Å²) >= 11 is 0. The zero-order chi connectivity index (χ0) is 16.2. The molecule has 88 valence electrons. The van der Waals surface area contributed by atoms with E-state index in [0.29, 0.717) is 12.8 Å². The van der Waals surface area contributed by atoms with Crippen LogP contribution in [0.4, 0.5) is 0 Å². The summed E-state index contributed by atoms with van der Waals surface area (Å²) in [4.78, 5) is 12.2. The van der Waals surface area contributed by atoms with E-state index in [9.17, 15) is 4.79 Å². The fourth-order valence-electron chi connectivity index (χ4n) is 2.78. The van der Waals surface area contributed by atoms with Crippen LogP contribution in [0, 0.1) is 0 Å². The molecule has 0 heterocycles. The monoisotopic (exact) mass is 231 g/mol. The molecule has 0 saturated heterocycles. The van der Waals surface area contributed by atoms with Gasteiger partial charge in [-0.05, 0) is 37.3 Å². The first-order valence-electron chi connectivity index (χ1n) is 8.53. The van der Waals surface area contributed by atoms with E-state index >= 15 is 0 Å². The first-order valence-corrected chi connectivity index (χ1v) is 6.03. The molecule has 2 aliphatic carbocycles. The largest absolute Gasteiger partial charge is 0.295 e.